The number of unbranched alkanes of at least 4 members (excludes halogenated alkanes) is 1. The van der Waals surface area contributed by atoms with E-state index in [2.05, 4.69) is 0 Å². The van der Waals surface area contributed by atoms with Crippen molar-refractivity contribution >= 4 is 17.7 Å². The molecule has 0 bridgehead atoms. The Morgan fingerprint density at radius 2 is 1.10 bits per heavy atom. The largest absolute Gasteiger partial charge is 0.494 e. The van der Waals surface area contributed by atoms with E-state index in [0.29, 0.717) is 12.4 Å². The van der Waals surface area contributed by atoms with Gasteiger partial charge in [0.15, 0.2) is 0 Å². The van der Waals surface area contributed by atoms with Crippen molar-refractivity contribution in [1.29, 1.82) is 0 Å². The molecule has 0 amide bonds. The van der Waals surface area contributed by atoms with Crippen LogP contribution in [0.5, 0.6) is 11.5 Å². The van der Waals surface area contributed by atoms with Gasteiger partial charge in [0.1, 0.15) is 11.5 Å². The molecular formula is C31H25F13O3S. The highest BCUT2D eigenvalue weighted by molar-refractivity contribution is 7.99. The quantitative estimate of drug-likeness (QED) is 0.0514. The second-order valence-corrected chi connectivity index (χ2v) is 11.4. The lowest BCUT2D eigenvalue weighted by Gasteiger charge is -2.39. The fraction of sp³-hybridized carbons (Fsp3) is 0.387. The van der Waals surface area contributed by atoms with Crippen molar-refractivity contribution in [2.45, 2.75) is 66.9 Å². The van der Waals surface area contributed by atoms with Crippen LogP contribution >= 0.6 is 11.8 Å². The number of esters is 1. The Hall–Kier alpha value is -3.63. The van der Waals surface area contributed by atoms with Gasteiger partial charge < -0.3 is 9.47 Å². The number of hydrogen-bond donors (Lipinski definition) is 0. The smallest absolute Gasteiger partial charge is 0.460 e. The molecule has 264 valence electrons. The Kier molecular flexibility index (Phi) is 11.7. The maximum absolute atomic E-state index is 14.0. The van der Waals surface area contributed by atoms with E-state index in [9.17, 15) is 61.9 Å². The first kappa shape index (κ1) is 38.8. The van der Waals surface area contributed by atoms with Crippen LogP contribution in [0.15, 0.2) is 77.7 Å². The summed E-state index contributed by atoms with van der Waals surface area (Å²) in [5.41, 5.74) is 1.60. The average molecular weight is 725 g/mol. The van der Waals surface area contributed by atoms with Crippen molar-refractivity contribution in [3.05, 3.63) is 78.4 Å². The van der Waals surface area contributed by atoms with Gasteiger partial charge in [-0.05, 0) is 66.1 Å². The molecule has 3 aromatic carbocycles. The standard InChI is InChI=1S/C31H25F13O3S/c1-2-3-17-46-22-10-4-19(5-11-22)20-6-12-23(13-7-20)47-25(45)21-8-14-24(15-9-21)48-18-16-26(32,33)27(34,35)28(36,37)29(38,39)30(40,41)31(42,43)44/h4-15H,2-3,16-18H2,1H3. The Morgan fingerprint density at radius 1 is 0.625 bits per heavy atom. The van der Waals surface area contributed by atoms with Crippen LogP contribution in [-0.4, -0.2) is 54.1 Å². The fourth-order valence-corrected chi connectivity index (χ4v) is 4.83. The van der Waals surface area contributed by atoms with Crippen LogP contribution in [0.25, 0.3) is 11.1 Å². The third-order valence-corrected chi connectivity index (χ3v) is 7.81. The zero-order valence-corrected chi connectivity index (χ0v) is 25.3. The first-order valence-electron chi connectivity index (χ1n) is 13.8. The molecule has 0 radical (unpaired) electrons. The summed E-state index contributed by atoms with van der Waals surface area (Å²) in [5.74, 6) is -38.2. The third-order valence-electron chi connectivity index (χ3n) is 6.79. The van der Waals surface area contributed by atoms with Gasteiger partial charge in [0.25, 0.3) is 0 Å². The lowest BCUT2D eigenvalue weighted by atomic mass is 9.93. The van der Waals surface area contributed by atoms with Crippen LogP contribution in [0, 0.1) is 0 Å². The molecule has 0 N–H and O–H groups in total. The first-order valence-corrected chi connectivity index (χ1v) is 14.8. The molecule has 17 heteroatoms. The van der Waals surface area contributed by atoms with Crippen LogP contribution in [0.3, 0.4) is 0 Å². The second kappa shape index (κ2) is 14.5. The summed E-state index contributed by atoms with van der Waals surface area (Å²) in [6.45, 7) is 2.64. The number of halogens is 13. The summed E-state index contributed by atoms with van der Waals surface area (Å²) in [6.07, 6.45) is -7.87. The first-order chi connectivity index (χ1) is 22.1. The number of benzene rings is 3. The minimum Gasteiger partial charge on any atom is -0.494 e. The molecule has 0 aromatic heterocycles. The Balaban J connectivity index is 1.58. The third kappa shape index (κ3) is 7.97. The highest BCUT2D eigenvalue weighted by atomic mass is 32.2. The highest BCUT2D eigenvalue weighted by Gasteiger charge is 2.90. The lowest BCUT2D eigenvalue weighted by Crippen LogP contribution is -2.70. The van der Waals surface area contributed by atoms with E-state index in [4.69, 9.17) is 9.47 Å². The summed E-state index contributed by atoms with van der Waals surface area (Å²) in [6, 6.07) is 18.2. The van der Waals surface area contributed by atoms with Gasteiger partial charge in [0.2, 0.25) is 0 Å². The molecular weight excluding hydrogens is 699 g/mol. The number of hydrogen-bond acceptors (Lipinski definition) is 4. The van der Waals surface area contributed by atoms with Crippen molar-refractivity contribution in [1.82, 2.24) is 0 Å². The van der Waals surface area contributed by atoms with Gasteiger partial charge in [-0.3, -0.25) is 0 Å². The predicted molar refractivity (Wildman–Crippen MR) is 150 cm³/mol. The zero-order valence-electron chi connectivity index (χ0n) is 24.5. The lowest BCUT2D eigenvalue weighted by molar-refractivity contribution is -0.439. The highest BCUT2D eigenvalue weighted by Crippen LogP contribution is 2.60. The van der Waals surface area contributed by atoms with E-state index in [1.807, 2.05) is 31.2 Å². The average Bonchev–Trinajstić information content (AvgIpc) is 3.01. The van der Waals surface area contributed by atoms with Gasteiger partial charge in [-0.2, -0.15) is 57.1 Å². The molecule has 3 rings (SSSR count). The molecule has 0 aliphatic rings. The van der Waals surface area contributed by atoms with E-state index in [1.54, 1.807) is 12.1 Å². The maximum atomic E-state index is 14.0. The molecule has 0 atom stereocenters. The minimum atomic E-state index is -7.93. The van der Waals surface area contributed by atoms with Crippen molar-refractivity contribution in [2.75, 3.05) is 12.4 Å². The number of alkyl halides is 13. The van der Waals surface area contributed by atoms with Gasteiger partial charge in [-0.15, -0.1) is 11.8 Å². The predicted octanol–water partition coefficient (Wildman–Crippen LogP) is 11.0. The summed E-state index contributed by atoms with van der Waals surface area (Å²) < 4.78 is 183. The van der Waals surface area contributed by atoms with Gasteiger partial charge in [-0.25, -0.2) is 4.79 Å². The second-order valence-electron chi connectivity index (χ2n) is 10.3. The molecule has 0 aliphatic heterocycles. The summed E-state index contributed by atoms with van der Waals surface area (Å²) in [4.78, 5) is 12.5. The Morgan fingerprint density at radius 3 is 1.58 bits per heavy atom. The Bertz CT molecular complexity index is 1510. The fourth-order valence-electron chi connectivity index (χ4n) is 3.90. The minimum absolute atomic E-state index is 0.0162. The van der Waals surface area contributed by atoms with E-state index < -0.39 is 53.9 Å². The molecule has 0 unspecified atom stereocenters. The van der Waals surface area contributed by atoms with E-state index in [1.165, 1.54) is 12.1 Å². The molecule has 0 aliphatic carbocycles. The molecule has 3 nitrogen and oxygen atoms in total. The van der Waals surface area contributed by atoms with Crippen molar-refractivity contribution in [3.63, 3.8) is 0 Å². The van der Waals surface area contributed by atoms with Crippen molar-refractivity contribution in [3.8, 4) is 22.6 Å². The molecule has 0 spiro atoms. The van der Waals surface area contributed by atoms with Gasteiger partial charge in [0, 0.05) is 17.1 Å². The van der Waals surface area contributed by atoms with E-state index in [0.717, 1.165) is 48.2 Å². The van der Waals surface area contributed by atoms with Crippen LogP contribution in [-0.2, 0) is 0 Å². The van der Waals surface area contributed by atoms with Crippen LogP contribution in [0.2, 0.25) is 0 Å². The molecule has 0 saturated carbocycles. The molecule has 3 aromatic rings. The molecule has 0 fully saturated rings. The van der Waals surface area contributed by atoms with Crippen LogP contribution in [0.4, 0.5) is 57.1 Å². The topological polar surface area (TPSA) is 35.5 Å². The normalized spacial score (nSPS) is 13.4. The van der Waals surface area contributed by atoms with E-state index >= 15 is 0 Å². The number of rotatable bonds is 15. The number of thioether (sulfide) groups is 1. The molecule has 0 heterocycles. The number of carbonyl (C=O) groups excluding carboxylic acids is 1. The van der Waals surface area contributed by atoms with Crippen molar-refractivity contribution < 1.29 is 71.3 Å². The zero-order chi connectivity index (χ0) is 36.2. The van der Waals surface area contributed by atoms with Gasteiger partial charge >= 0.3 is 41.8 Å². The van der Waals surface area contributed by atoms with Gasteiger partial charge in [0.05, 0.1) is 12.2 Å². The number of carbonyl (C=O) groups is 1. The maximum Gasteiger partial charge on any atom is 0.460 e. The Labute approximate surface area is 269 Å². The SMILES string of the molecule is CCCCOc1ccc(-c2ccc(OC(=O)c3ccc(SCCC(F)(F)C(F)(F)C(F)(F)C(F)(F)C(F)(F)C(F)(F)F)cc3)cc2)cc1. The molecule has 48 heavy (non-hydrogen) atoms. The summed E-state index contributed by atoms with van der Waals surface area (Å²) >= 11 is 0.287. The van der Waals surface area contributed by atoms with Gasteiger partial charge in [-0.1, -0.05) is 37.6 Å². The summed E-state index contributed by atoms with van der Waals surface area (Å²) in [7, 11) is 0. The van der Waals surface area contributed by atoms with E-state index in [-0.39, 0.29) is 28.0 Å². The number of ether oxygens (including phenoxy) is 2. The molecule has 0 saturated heterocycles. The monoisotopic (exact) mass is 724 g/mol. The van der Waals surface area contributed by atoms with Crippen LogP contribution < -0.4 is 9.47 Å². The van der Waals surface area contributed by atoms with Crippen LogP contribution in [0.1, 0.15) is 36.5 Å². The van der Waals surface area contributed by atoms with Crippen molar-refractivity contribution in [2.24, 2.45) is 0 Å². The summed E-state index contributed by atoms with van der Waals surface area (Å²) in [5, 5.41) is 0.